The Hall–Kier alpha value is -0.770. The highest BCUT2D eigenvalue weighted by molar-refractivity contribution is 5.77. The molecule has 0 radical (unpaired) electrons. The molecule has 4 heteroatoms. The molecule has 0 aromatic heterocycles. The summed E-state index contributed by atoms with van der Waals surface area (Å²) in [6.07, 6.45) is 3.75. The standard InChI is InChI=1S/C12H26N4/c1-9-7-6-8-10(2)16(9)15-11(13)14-12(3,4)5/h9-10H,6-8H2,1-5H3,(H3,13,14,15). The lowest BCUT2D eigenvalue weighted by molar-refractivity contribution is 0.0731. The molecule has 16 heavy (non-hydrogen) atoms. The maximum absolute atomic E-state index is 5.91. The highest BCUT2D eigenvalue weighted by Crippen LogP contribution is 2.20. The summed E-state index contributed by atoms with van der Waals surface area (Å²) in [4.78, 5) is 4.41. The summed E-state index contributed by atoms with van der Waals surface area (Å²) in [5.74, 6) is 0.521. The van der Waals surface area contributed by atoms with Crippen molar-refractivity contribution in [3.05, 3.63) is 0 Å². The van der Waals surface area contributed by atoms with Crippen LogP contribution in [0.1, 0.15) is 53.9 Å². The first-order valence-corrected chi connectivity index (χ1v) is 6.20. The Bertz CT molecular complexity index is 244. The molecule has 1 rings (SSSR count). The Labute approximate surface area is 99.3 Å². The summed E-state index contributed by atoms with van der Waals surface area (Å²) >= 11 is 0. The first kappa shape index (κ1) is 13.3. The number of nitrogens with one attached hydrogen (secondary N) is 1. The Morgan fingerprint density at radius 2 is 1.75 bits per heavy atom. The first-order valence-electron chi connectivity index (χ1n) is 6.20. The van der Waals surface area contributed by atoms with Crippen molar-refractivity contribution in [2.75, 3.05) is 0 Å². The zero-order chi connectivity index (χ0) is 12.3. The third kappa shape index (κ3) is 4.00. The monoisotopic (exact) mass is 226 g/mol. The van der Waals surface area contributed by atoms with Crippen LogP contribution in [0.5, 0.6) is 0 Å². The third-order valence-corrected chi connectivity index (χ3v) is 2.89. The molecule has 4 nitrogen and oxygen atoms in total. The summed E-state index contributed by atoms with van der Waals surface area (Å²) in [5, 5.41) is 2.23. The molecule has 1 fully saturated rings. The lowest BCUT2D eigenvalue weighted by Gasteiger charge is -2.39. The van der Waals surface area contributed by atoms with Crippen molar-refractivity contribution in [3.63, 3.8) is 0 Å². The SMILES string of the molecule is CC1CCCC(C)N1NC(N)=NC(C)(C)C. The zero-order valence-corrected chi connectivity index (χ0v) is 11.2. The summed E-state index contributed by atoms with van der Waals surface area (Å²) in [6, 6.07) is 1.05. The molecule has 0 saturated carbocycles. The van der Waals surface area contributed by atoms with E-state index >= 15 is 0 Å². The fourth-order valence-corrected chi connectivity index (χ4v) is 2.16. The summed E-state index contributed by atoms with van der Waals surface area (Å²) in [6.45, 7) is 10.6. The van der Waals surface area contributed by atoms with Crippen LogP contribution in [0.15, 0.2) is 4.99 Å². The average molecular weight is 226 g/mol. The van der Waals surface area contributed by atoms with Crippen molar-refractivity contribution in [1.82, 2.24) is 10.4 Å². The molecule has 0 spiro atoms. The molecule has 94 valence electrons. The van der Waals surface area contributed by atoms with Gasteiger partial charge in [0.15, 0.2) is 0 Å². The minimum atomic E-state index is -0.126. The molecule has 0 aromatic carbocycles. The molecule has 0 bridgehead atoms. The largest absolute Gasteiger partial charge is 0.369 e. The number of piperidine rings is 1. The lowest BCUT2D eigenvalue weighted by Crippen LogP contribution is -2.56. The van der Waals surface area contributed by atoms with Gasteiger partial charge in [0.2, 0.25) is 5.96 Å². The average Bonchev–Trinajstić information content (AvgIpc) is 2.08. The maximum atomic E-state index is 5.91. The molecule has 2 atom stereocenters. The number of guanidine groups is 1. The Kier molecular flexibility index (Phi) is 4.19. The second-order valence-corrected chi connectivity index (χ2v) is 5.82. The second-order valence-electron chi connectivity index (χ2n) is 5.82. The van der Waals surface area contributed by atoms with Crippen molar-refractivity contribution in [1.29, 1.82) is 0 Å². The normalized spacial score (nSPS) is 29.2. The Morgan fingerprint density at radius 1 is 1.25 bits per heavy atom. The van der Waals surface area contributed by atoms with E-state index < -0.39 is 0 Å². The van der Waals surface area contributed by atoms with Crippen molar-refractivity contribution in [2.24, 2.45) is 10.7 Å². The van der Waals surface area contributed by atoms with Crippen molar-refractivity contribution >= 4 is 5.96 Å². The van der Waals surface area contributed by atoms with Gasteiger partial charge in [0, 0.05) is 12.1 Å². The topological polar surface area (TPSA) is 53.6 Å². The van der Waals surface area contributed by atoms with Crippen molar-refractivity contribution < 1.29 is 0 Å². The molecule has 1 heterocycles. The number of nitrogens with two attached hydrogens (primary N) is 1. The second kappa shape index (κ2) is 5.04. The van der Waals surface area contributed by atoms with Crippen molar-refractivity contribution in [2.45, 2.75) is 71.5 Å². The number of aliphatic imine (C=N–C) groups is 1. The van der Waals surface area contributed by atoms with Gasteiger partial charge in [-0.1, -0.05) is 6.42 Å². The van der Waals surface area contributed by atoms with Gasteiger partial charge in [0.1, 0.15) is 0 Å². The molecule has 0 aliphatic carbocycles. The van der Waals surface area contributed by atoms with Gasteiger partial charge in [-0.05, 0) is 47.5 Å². The van der Waals surface area contributed by atoms with Gasteiger partial charge >= 0.3 is 0 Å². The van der Waals surface area contributed by atoms with E-state index in [1.54, 1.807) is 0 Å². The highest BCUT2D eigenvalue weighted by Gasteiger charge is 2.25. The molecule has 1 aliphatic heterocycles. The van der Waals surface area contributed by atoms with Crippen LogP contribution in [-0.4, -0.2) is 28.6 Å². The fourth-order valence-electron chi connectivity index (χ4n) is 2.16. The van der Waals surface area contributed by atoms with Crippen LogP contribution in [0, 0.1) is 0 Å². The van der Waals surface area contributed by atoms with Gasteiger partial charge < -0.3 is 5.73 Å². The van der Waals surface area contributed by atoms with E-state index in [-0.39, 0.29) is 5.54 Å². The van der Waals surface area contributed by atoms with Gasteiger partial charge in [-0.25, -0.2) is 10.0 Å². The minimum Gasteiger partial charge on any atom is -0.369 e. The molecular weight excluding hydrogens is 200 g/mol. The molecule has 0 aromatic rings. The first-order chi connectivity index (χ1) is 7.29. The van der Waals surface area contributed by atoms with Crippen LogP contribution in [0.3, 0.4) is 0 Å². The molecule has 1 saturated heterocycles. The summed E-state index contributed by atoms with van der Waals surface area (Å²) in [7, 11) is 0. The predicted molar refractivity (Wildman–Crippen MR) is 69.1 cm³/mol. The number of hydrogen-bond acceptors (Lipinski definition) is 2. The van der Waals surface area contributed by atoms with Crippen LogP contribution in [-0.2, 0) is 0 Å². The van der Waals surface area contributed by atoms with Gasteiger partial charge in [0.25, 0.3) is 0 Å². The van der Waals surface area contributed by atoms with E-state index in [1.165, 1.54) is 19.3 Å². The van der Waals surface area contributed by atoms with E-state index in [4.69, 9.17) is 5.73 Å². The molecular formula is C12H26N4. The quantitative estimate of drug-likeness (QED) is 0.530. The van der Waals surface area contributed by atoms with E-state index in [9.17, 15) is 0 Å². The van der Waals surface area contributed by atoms with Crippen LogP contribution in [0.4, 0.5) is 0 Å². The van der Waals surface area contributed by atoms with Gasteiger partial charge in [-0.3, -0.25) is 5.43 Å². The Morgan fingerprint density at radius 3 is 2.19 bits per heavy atom. The van der Waals surface area contributed by atoms with Crippen LogP contribution >= 0.6 is 0 Å². The van der Waals surface area contributed by atoms with E-state index in [1.807, 2.05) is 20.8 Å². The molecule has 3 N–H and O–H groups in total. The predicted octanol–water partition coefficient (Wildman–Crippen LogP) is 1.87. The van der Waals surface area contributed by atoms with Crippen LogP contribution in [0.2, 0.25) is 0 Å². The third-order valence-electron chi connectivity index (χ3n) is 2.89. The van der Waals surface area contributed by atoms with Gasteiger partial charge in [-0.15, -0.1) is 0 Å². The van der Waals surface area contributed by atoms with E-state index in [0.29, 0.717) is 18.0 Å². The molecule has 0 amide bonds. The van der Waals surface area contributed by atoms with E-state index in [2.05, 4.69) is 29.3 Å². The minimum absolute atomic E-state index is 0.126. The smallest absolute Gasteiger partial charge is 0.204 e. The summed E-state index contributed by atoms with van der Waals surface area (Å²) in [5.41, 5.74) is 9.02. The fraction of sp³-hybridized carbons (Fsp3) is 0.917. The number of hydrazine groups is 1. The molecule has 2 unspecified atom stereocenters. The van der Waals surface area contributed by atoms with E-state index in [0.717, 1.165) is 0 Å². The number of nitrogens with zero attached hydrogens (tertiary/aromatic N) is 2. The van der Waals surface area contributed by atoms with Crippen LogP contribution < -0.4 is 11.2 Å². The van der Waals surface area contributed by atoms with Crippen molar-refractivity contribution in [3.8, 4) is 0 Å². The Balaban J connectivity index is 2.61. The van der Waals surface area contributed by atoms with Crippen LogP contribution in [0.25, 0.3) is 0 Å². The van der Waals surface area contributed by atoms with Gasteiger partial charge in [-0.2, -0.15) is 0 Å². The number of hydrogen-bond donors (Lipinski definition) is 2. The molecule has 1 aliphatic rings. The zero-order valence-electron chi connectivity index (χ0n) is 11.2. The highest BCUT2D eigenvalue weighted by atomic mass is 15.6. The number of rotatable bonds is 1. The summed E-state index contributed by atoms with van der Waals surface area (Å²) < 4.78 is 0. The maximum Gasteiger partial charge on any atom is 0.204 e. The van der Waals surface area contributed by atoms with Gasteiger partial charge in [0.05, 0.1) is 5.54 Å². The lowest BCUT2D eigenvalue weighted by atomic mass is 10.00.